The van der Waals surface area contributed by atoms with Gasteiger partial charge in [-0.05, 0) is 6.07 Å². The van der Waals surface area contributed by atoms with E-state index in [1.54, 1.807) is 12.1 Å². The molecule has 0 unspecified atom stereocenters. The van der Waals surface area contributed by atoms with Crippen molar-refractivity contribution < 1.29 is 14.6 Å². The Morgan fingerprint density at radius 3 is 2.67 bits per heavy atom. The molecule has 1 N–H and O–H groups in total. The van der Waals surface area contributed by atoms with Gasteiger partial charge in [-0.2, -0.15) is 12.6 Å². The van der Waals surface area contributed by atoms with E-state index >= 15 is 0 Å². The van der Waals surface area contributed by atoms with E-state index in [4.69, 9.17) is 9.47 Å². The molecule has 4 heteroatoms. The fourth-order valence-corrected chi connectivity index (χ4v) is 1.35. The predicted molar refractivity (Wildman–Crippen MR) is 46.9 cm³/mol. The summed E-state index contributed by atoms with van der Waals surface area (Å²) >= 11 is 4.06. The van der Waals surface area contributed by atoms with Gasteiger partial charge in [0.05, 0.1) is 0 Å². The van der Waals surface area contributed by atoms with Crippen LogP contribution in [0.2, 0.25) is 0 Å². The fourth-order valence-electron chi connectivity index (χ4n) is 1.10. The maximum Gasteiger partial charge on any atom is 0.231 e. The Balaban J connectivity index is 2.49. The normalized spacial score (nSPS) is 13.4. The Hall–Kier alpha value is -1.03. The second-order valence-corrected chi connectivity index (χ2v) is 2.81. The molecule has 1 aliphatic rings. The van der Waals surface area contributed by atoms with Crippen LogP contribution in [0.4, 0.5) is 0 Å². The van der Waals surface area contributed by atoms with Gasteiger partial charge < -0.3 is 14.6 Å². The van der Waals surface area contributed by atoms with Crippen LogP contribution in [0.5, 0.6) is 17.2 Å². The highest BCUT2D eigenvalue weighted by Gasteiger charge is 2.15. The van der Waals surface area contributed by atoms with E-state index in [9.17, 15) is 5.11 Å². The minimum Gasteiger partial charge on any atom is -0.507 e. The molecule has 0 amide bonds. The topological polar surface area (TPSA) is 38.7 Å². The van der Waals surface area contributed by atoms with Gasteiger partial charge in [0.25, 0.3) is 0 Å². The molecule has 0 bridgehead atoms. The molecule has 1 aliphatic heterocycles. The Bertz CT molecular complexity index is 311. The van der Waals surface area contributed by atoms with E-state index in [1.165, 1.54) is 0 Å². The number of thiol groups is 1. The second kappa shape index (κ2) is 2.79. The third-order valence-electron chi connectivity index (χ3n) is 1.74. The molecule has 64 valence electrons. The van der Waals surface area contributed by atoms with Gasteiger partial charge in [0.2, 0.25) is 6.79 Å². The van der Waals surface area contributed by atoms with Gasteiger partial charge in [0.1, 0.15) is 5.75 Å². The maximum absolute atomic E-state index is 9.39. The molecule has 1 aromatic rings. The third kappa shape index (κ3) is 1.08. The zero-order chi connectivity index (χ0) is 8.55. The summed E-state index contributed by atoms with van der Waals surface area (Å²) in [6.45, 7) is 0.227. The number of hydrogen-bond donors (Lipinski definition) is 2. The monoisotopic (exact) mass is 184 g/mol. The van der Waals surface area contributed by atoms with E-state index in [-0.39, 0.29) is 12.5 Å². The van der Waals surface area contributed by atoms with E-state index in [0.29, 0.717) is 17.3 Å². The summed E-state index contributed by atoms with van der Waals surface area (Å²) in [5.74, 6) is 1.96. The van der Waals surface area contributed by atoms with Gasteiger partial charge >= 0.3 is 0 Å². The molecule has 0 aromatic heterocycles. The Kier molecular flexibility index (Phi) is 1.77. The summed E-state index contributed by atoms with van der Waals surface area (Å²) in [6, 6.07) is 3.29. The first-order valence-corrected chi connectivity index (χ1v) is 4.17. The summed E-state index contributed by atoms with van der Waals surface area (Å²) in [5, 5.41) is 9.39. The number of phenolic OH excluding ortho intramolecular Hbond substituents is 1. The van der Waals surface area contributed by atoms with Gasteiger partial charge in [0, 0.05) is 17.4 Å². The molecular weight excluding hydrogens is 176 g/mol. The Labute approximate surface area is 75.3 Å². The van der Waals surface area contributed by atoms with E-state index in [0.717, 1.165) is 5.56 Å². The standard InChI is InChI=1S/C8H8O3S/c9-6-2-8-7(10-4-11-8)1-5(6)3-12/h1-2,9,12H,3-4H2. The van der Waals surface area contributed by atoms with E-state index in [2.05, 4.69) is 12.6 Å². The smallest absolute Gasteiger partial charge is 0.231 e. The van der Waals surface area contributed by atoms with Crippen molar-refractivity contribution in [3.8, 4) is 17.2 Å². The lowest BCUT2D eigenvalue weighted by Crippen LogP contribution is -1.92. The van der Waals surface area contributed by atoms with Crippen LogP contribution in [0.1, 0.15) is 5.56 Å². The third-order valence-corrected chi connectivity index (χ3v) is 2.08. The van der Waals surface area contributed by atoms with Crippen LogP contribution in [0, 0.1) is 0 Å². The molecule has 0 fully saturated rings. The number of phenols is 1. The number of benzene rings is 1. The van der Waals surface area contributed by atoms with Crippen molar-refractivity contribution >= 4 is 12.6 Å². The van der Waals surface area contributed by atoms with Gasteiger partial charge in [-0.1, -0.05) is 0 Å². The second-order valence-electron chi connectivity index (χ2n) is 2.49. The summed E-state index contributed by atoms with van der Waals surface area (Å²) in [4.78, 5) is 0. The lowest BCUT2D eigenvalue weighted by molar-refractivity contribution is 0.174. The summed E-state index contributed by atoms with van der Waals surface area (Å²) in [7, 11) is 0. The van der Waals surface area contributed by atoms with Crippen molar-refractivity contribution in [1.82, 2.24) is 0 Å². The summed E-state index contributed by atoms with van der Waals surface area (Å²) in [5.41, 5.74) is 0.752. The van der Waals surface area contributed by atoms with Crippen LogP contribution in [0.3, 0.4) is 0 Å². The van der Waals surface area contributed by atoms with Crippen molar-refractivity contribution in [3.63, 3.8) is 0 Å². The molecule has 2 rings (SSSR count). The van der Waals surface area contributed by atoms with E-state index < -0.39 is 0 Å². The fraction of sp³-hybridized carbons (Fsp3) is 0.250. The highest BCUT2D eigenvalue weighted by atomic mass is 32.1. The van der Waals surface area contributed by atoms with Crippen LogP contribution in [0.25, 0.3) is 0 Å². The number of rotatable bonds is 1. The zero-order valence-corrected chi connectivity index (χ0v) is 7.17. The van der Waals surface area contributed by atoms with Crippen LogP contribution < -0.4 is 9.47 Å². The maximum atomic E-state index is 9.39. The number of ether oxygens (including phenoxy) is 2. The van der Waals surface area contributed by atoms with Crippen molar-refractivity contribution in [2.75, 3.05) is 6.79 Å². The van der Waals surface area contributed by atoms with Gasteiger partial charge in [0.15, 0.2) is 11.5 Å². The summed E-state index contributed by atoms with van der Waals surface area (Å²) < 4.78 is 10.2. The molecule has 12 heavy (non-hydrogen) atoms. The summed E-state index contributed by atoms with van der Waals surface area (Å²) in [6.07, 6.45) is 0. The molecule has 1 heterocycles. The molecule has 1 aromatic carbocycles. The first-order chi connectivity index (χ1) is 5.81. The van der Waals surface area contributed by atoms with Crippen LogP contribution in [0.15, 0.2) is 12.1 Å². The molecule has 3 nitrogen and oxygen atoms in total. The van der Waals surface area contributed by atoms with Gasteiger partial charge in [-0.15, -0.1) is 0 Å². The van der Waals surface area contributed by atoms with Crippen LogP contribution in [-0.4, -0.2) is 11.9 Å². The number of hydrogen-bond acceptors (Lipinski definition) is 4. The molecule has 0 aliphatic carbocycles. The van der Waals surface area contributed by atoms with Gasteiger partial charge in [-0.3, -0.25) is 0 Å². The van der Waals surface area contributed by atoms with E-state index in [1.807, 2.05) is 0 Å². The minimum absolute atomic E-state index is 0.203. The molecule has 0 saturated carbocycles. The van der Waals surface area contributed by atoms with Crippen LogP contribution in [-0.2, 0) is 5.75 Å². The van der Waals surface area contributed by atoms with Crippen LogP contribution >= 0.6 is 12.6 Å². The van der Waals surface area contributed by atoms with Crippen molar-refractivity contribution in [1.29, 1.82) is 0 Å². The predicted octanol–water partition coefficient (Wildman–Crippen LogP) is 1.55. The Morgan fingerprint density at radius 1 is 1.33 bits per heavy atom. The van der Waals surface area contributed by atoms with Crippen molar-refractivity contribution in [3.05, 3.63) is 17.7 Å². The lowest BCUT2D eigenvalue weighted by Gasteiger charge is -2.02. The number of aromatic hydroxyl groups is 1. The molecule has 0 radical (unpaired) electrons. The molecule has 0 spiro atoms. The lowest BCUT2D eigenvalue weighted by atomic mass is 10.2. The van der Waals surface area contributed by atoms with Crippen molar-refractivity contribution in [2.45, 2.75) is 5.75 Å². The van der Waals surface area contributed by atoms with Crippen molar-refractivity contribution in [2.24, 2.45) is 0 Å². The molecule has 0 atom stereocenters. The minimum atomic E-state index is 0.203. The average Bonchev–Trinajstić information content (AvgIpc) is 2.49. The highest BCUT2D eigenvalue weighted by Crippen LogP contribution is 2.37. The molecular formula is C8H8O3S. The quantitative estimate of drug-likeness (QED) is 0.650. The highest BCUT2D eigenvalue weighted by molar-refractivity contribution is 7.79. The first kappa shape index (κ1) is 7.61. The molecule has 0 saturated heterocycles. The Morgan fingerprint density at radius 2 is 2.00 bits per heavy atom. The SMILES string of the molecule is Oc1cc2c(cc1CS)OCO2. The largest absolute Gasteiger partial charge is 0.507 e. The number of fused-ring (bicyclic) bond motifs is 1. The zero-order valence-electron chi connectivity index (χ0n) is 6.28. The van der Waals surface area contributed by atoms with Gasteiger partial charge in [-0.25, -0.2) is 0 Å². The average molecular weight is 184 g/mol. The first-order valence-electron chi connectivity index (χ1n) is 3.53.